The van der Waals surface area contributed by atoms with Crippen molar-refractivity contribution in [2.45, 2.75) is 46.2 Å². The molecule has 1 aliphatic rings. The zero-order valence-corrected chi connectivity index (χ0v) is 16.2. The van der Waals surface area contributed by atoms with Gasteiger partial charge in [-0.25, -0.2) is 4.79 Å². The van der Waals surface area contributed by atoms with E-state index in [2.05, 4.69) is 29.0 Å². The minimum Gasteiger partial charge on any atom is -0.352 e. The van der Waals surface area contributed by atoms with E-state index < -0.39 is 5.69 Å². The molecule has 7 nitrogen and oxygen atoms in total. The Balaban J connectivity index is 1.72. The number of likely N-dealkylation sites (tertiary alicyclic amines) is 1. The molecule has 2 heterocycles. The van der Waals surface area contributed by atoms with E-state index >= 15 is 0 Å². The highest BCUT2D eigenvalue weighted by molar-refractivity contribution is 5.97. The monoisotopic (exact) mass is 372 g/mol. The van der Waals surface area contributed by atoms with E-state index in [-0.39, 0.29) is 11.5 Å². The van der Waals surface area contributed by atoms with Crippen molar-refractivity contribution in [1.82, 2.24) is 19.8 Å². The molecule has 1 aliphatic heterocycles. The first-order valence-corrected chi connectivity index (χ1v) is 9.69. The topological polar surface area (TPSA) is 87.2 Å². The van der Waals surface area contributed by atoms with Gasteiger partial charge < -0.3 is 15.2 Å². The van der Waals surface area contributed by atoms with E-state index in [9.17, 15) is 14.4 Å². The average molecular weight is 372 g/mol. The van der Waals surface area contributed by atoms with Crippen molar-refractivity contribution in [2.24, 2.45) is 5.92 Å². The molecule has 146 valence electrons. The van der Waals surface area contributed by atoms with Crippen molar-refractivity contribution in [2.75, 3.05) is 19.6 Å². The van der Waals surface area contributed by atoms with E-state index in [1.54, 1.807) is 25.1 Å². The Labute approximate surface area is 158 Å². The van der Waals surface area contributed by atoms with Gasteiger partial charge in [0.25, 0.3) is 11.5 Å². The van der Waals surface area contributed by atoms with E-state index in [4.69, 9.17) is 0 Å². The van der Waals surface area contributed by atoms with Gasteiger partial charge in [0, 0.05) is 31.2 Å². The maximum absolute atomic E-state index is 12.5. The fourth-order valence-corrected chi connectivity index (χ4v) is 3.75. The summed E-state index contributed by atoms with van der Waals surface area (Å²) in [4.78, 5) is 42.0. The molecule has 0 saturated carbocycles. The zero-order chi connectivity index (χ0) is 19.6. The third kappa shape index (κ3) is 4.13. The Morgan fingerprint density at radius 2 is 2.11 bits per heavy atom. The predicted octanol–water partition coefficient (Wildman–Crippen LogP) is 1.56. The highest BCUT2D eigenvalue weighted by atomic mass is 16.2. The first-order valence-electron chi connectivity index (χ1n) is 9.69. The van der Waals surface area contributed by atoms with Gasteiger partial charge in [0.1, 0.15) is 0 Å². The number of amides is 1. The Morgan fingerprint density at radius 3 is 2.81 bits per heavy atom. The molecule has 1 aromatic heterocycles. The molecule has 1 amide bonds. The predicted molar refractivity (Wildman–Crippen MR) is 106 cm³/mol. The van der Waals surface area contributed by atoms with Gasteiger partial charge in [0.2, 0.25) is 0 Å². The molecule has 1 fully saturated rings. The number of aromatic amines is 1. The summed E-state index contributed by atoms with van der Waals surface area (Å²) in [5.41, 5.74) is 0.0528. The summed E-state index contributed by atoms with van der Waals surface area (Å²) in [5.74, 6) is 0.265. The first kappa shape index (κ1) is 19.4. The Morgan fingerprint density at radius 1 is 1.33 bits per heavy atom. The highest BCUT2D eigenvalue weighted by Gasteiger charge is 2.22. The number of nitrogens with zero attached hydrogens (tertiary/aromatic N) is 2. The van der Waals surface area contributed by atoms with Gasteiger partial charge in [0.15, 0.2) is 0 Å². The van der Waals surface area contributed by atoms with Crippen molar-refractivity contribution < 1.29 is 4.79 Å². The number of rotatable bonds is 5. The Kier molecular flexibility index (Phi) is 5.79. The number of aromatic nitrogens is 2. The molecular formula is C20H28N4O3. The summed E-state index contributed by atoms with van der Waals surface area (Å²) >= 11 is 0. The van der Waals surface area contributed by atoms with E-state index in [0.717, 1.165) is 30.5 Å². The van der Waals surface area contributed by atoms with Crippen LogP contribution >= 0.6 is 0 Å². The first-order chi connectivity index (χ1) is 12.9. The lowest BCUT2D eigenvalue weighted by Gasteiger charge is -2.35. The van der Waals surface area contributed by atoms with Crippen molar-refractivity contribution in [3.63, 3.8) is 0 Å². The number of fused-ring (bicyclic) bond motifs is 1. The van der Waals surface area contributed by atoms with Crippen molar-refractivity contribution in [1.29, 1.82) is 0 Å². The van der Waals surface area contributed by atoms with Crippen LogP contribution in [0.5, 0.6) is 0 Å². The summed E-state index contributed by atoms with van der Waals surface area (Å²) in [5, 5.41) is 3.41. The van der Waals surface area contributed by atoms with E-state index in [1.807, 2.05) is 0 Å². The van der Waals surface area contributed by atoms with Crippen LogP contribution in [0.15, 0.2) is 27.8 Å². The molecule has 27 heavy (non-hydrogen) atoms. The number of carbonyl (C=O) groups is 1. The van der Waals surface area contributed by atoms with Crippen molar-refractivity contribution >= 4 is 16.8 Å². The van der Waals surface area contributed by atoms with Gasteiger partial charge in [0.05, 0.1) is 10.9 Å². The standard InChI is InChI=1S/C20H28N4O3/c1-4-24-19(26)16-8-7-15(10-17(16)22-20(24)27)18(25)21-11-14-6-5-9-23(12-14)13(2)3/h7-8,10,13-14H,4-6,9,11-12H2,1-3H3,(H,21,25)(H,22,27)/t14-/m0/s1. The molecule has 1 atom stereocenters. The number of hydrogen-bond acceptors (Lipinski definition) is 4. The van der Waals surface area contributed by atoms with Crippen LogP contribution < -0.4 is 16.6 Å². The van der Waals surface area contributed by atoms with Gasteiger partial charge in [-0.05, 0) is 64.3 Å². The minimum atomic E-state index is -0.455. The highest BCUT2D eigenvalue weighted by Crippen LogP contribution is 2.18. The summed E-state index contributed by atoms with van der Waals surface area (Å²) in [6.45, 7) is 9.20. The SMILES string of the molecule is CCn1c(=O)[nH]c2cc(C(=O)NC[C@@H]3CCCN(C(C)C)C3)ccc2c1=O. The maximum atomic E-state index is 12.5. The number of carbonyl (C=O) groups excluding carboxylic acids is 1. The number of piperidine rings is 1. The molecule has 0 unspecified atom stereocenters. The third-order valence-electron chi connectivity index (χ3n) is 5.39. The second-order valence-electron chi connectivity index (χ2n) is 7.55. The molecule has 2 aromatic rings. The number of nitrogens with one attached hydrogen (secondary N) is 2. The fraction of sp³-hybridized carbons (Fsp3) is 0.550. The third-order valence-corrected chi connectivity index (χ3v) is 5.39. The quantitative estimate of drug-likeness (QED) is 0.834. The smallest absolute Gasteiger partial charge is 0.328 e. The zero-order valence-electron chi connectivity index (χ0n) is 16.2. The van der Waals surface area contributed by atoms with Gasteiger partial charge in [-0.3, -0.25) is 14.2 Å². The van der Waals surface area contributed by atoms with E-state index in [1.165, 1.54) is 0 Å². The Bertz CT molecular complexity index is 944. The minimum absolute atomic E-state index is 0.181. The fourth-order valence-electron chi connectivity index (χ4n) is 3.75. The molecule has 0 radical (unpaired) electrons. The van der Waals surface area contributed by atoms with Crippen LogP contribution in [0.3, 0.4) is 0 Å². The summed E-state index contributed by atoms with van der Waals surface area (Å²) in [6.07, 6.45) is 2.27. The van der Waals surface area contributed by atoms with Gasteiger partial charge in [-0.2, -0.15) is 0 Å². The molecule has 7 heteroatoms. The second-order valence-corrected chi connectivity index (χ2v) is 7.55. The van der Waals surface area contributed by atoms with Crippen LogP contribution in [0, 0.1) is 5.92 Å². The normalized spacial score (nSPS) is 18.1. The van der Waals surface area contributed by atoms with Crippen LogP contribution in [-0.2, 0) is 6.54 Å². The number of H-pyrrole nitrogens is 1. The summed E-state index contributed by atoms with van der Waals surface area (Å²) in [6, 6.07) is 5.34. The van der Waals surface area contributed by atoms with Crippen LogP contribution in [0.25, 0.3) is 10.9 Å². The maximum Gasteiger partial charge on any atom is 0.328 e. The number of benzene rings is 1. The van der Waals surface area contributed by atoms with Crippen molar-refractivity contribution in [3.05, 3.63) is 44.6 Å². The van der Waals surface area contributed by atoms with Crippen LogP contribution in [0.2, 0.25) is 0 Å². The lowest BCUT2D eigenvalue weighted by Crippen LogP contribution is -2.43. The van der Waals surface area contributed by atoms with Crippen LogP contribution in [0.1, 0.15) is 44.0 Å². The van der Waals surface area contributed by atoms with Gasteiger partial charge in [-0.1, -0.05) is 0 Å². The summed E-state index contributed by atoms with van der Waals surface area (Å²) < 4.78 is 1.14. The molecule has 0 bridgehead atoms. The molecular weight excluding hydrogens is 344 g/mol. The molecule has 0 aliphatic carbocycles. The van der Waals surface area contributed by atoms with Crippen LogP contribution in [0.4, 0.5) is 0 Å². The Hall–Kier alpha value is -2.41. The molecule has 2 N–H and O–H groups in total. The molecule has 3 rings (SSSR count). The van der Waals surface area contributed by atoms with Gasteiger partial charge >= 0.3 is 5.69 Å². The average Bonchev–Trinajstić information content (AvgIpc) is 2.66. The number of hydrogen-bond donors (Lipinski definition) is 2. The van der Waals surface area contributed by atoms with Crippen LogP contribution in [-0.4, -0.2) is 46.0 Å². The van der Waals surface area contributed by atoms with E-state index in [0.29, 0.717) is 41.5 Å². The molecule has 1 aromatic carbocycles. The van der Waals surface area contributed by atoms with Crippen molar-refractivity contribution in [3.8, 4) is 0 Å². The largest absolute Gasteiger partial charge is 0.352 e. The lowest BCUT2D eigenvalue weighted by molar-refractivity contribution is 0.0923. The molecule has 0 spiro atoms. The molecule has 1 saturated heterocycles. The summed E-state index contributed by atoms with van der Waals surface area (Å²) in [7, 11) is 0. The lowest BCUT2D eigenvalue weighted by atomic mass is 9.97. The second kappa shape index (κ2) is 8.08. The van der Waals surface area contributed by atoms with Gasteiger partial charge in [-0.15, -0.1) is 0 Å².